The molecule has 3 aromatic rings. The van der Waals surface area contributed by atoms with Gasteiger partial charge >= 0.3 is 5.97 Å². The summed E-state index contributed by atoms with van der Waals surface area (Å²) < 4.78 is 1.74. The second-order valence-corrected chi connectivity index (χ2v) is 5.44. The minimum Gasteiger partial charge on any atom is -0.476 e. The number of hydrogen-bond acceptors (Lipinski definition) is 5. The molecule has 0 unspecified atom stereocenters. The van der Waals surface area contributed by atoms with Crippen molar-refractivity contribution in [3.8, 4) is 11.3 Å². The fourth-order valence-corrected chi connectivity index (χ4v) is 2.84. The standard InChI is InChI=1S/C13H12N4O2S/c1-16(2)12-10(15-11(20-12)13(18)19)8-7-14-17-6-4-3-5-9(8)17/h3-7H,1-2H3,(H,18,19). The van der Waals surface area contributed by atoms with Gasteiger partial charge in [-0.1, -0.05) is 17.4 Å². The number of carboxylic acid groups (broad SMARTS) is 1. The number of aromatic nitrogens is 3. The Hall–Kier alpha value is -2.41. The first-order chi connectivity index (χ1) is 9.58. The van der Waals surface area contributed by atoms with E-state index in [4.69, 9.17) is 5.11 Å². The van der Waals surface area contributed by atoms with E-state index in [0.29, 0.717) is 5.69 Å². The number of rotatable bonds is 3. The van der Waals surface area contributed by atoms with Gasteiger partial charge in [0.15, 0.2) is 0 Å². The molecule has 3 rings (SSSR count). The van der Waals surface area contributed by atoms with Crippen molar-refractivity contribution >= 4 is 27.8 Å². The minimum atomic E-state index is -1.01. The maximum atomic E-state index is 11.1. The fourth-order valence-electron chi connectivity index (χ4n) is 2.00. The van der Waals surface area contributed by atoms with Crippen LogP contribution in [0.5, 0.6) is 0 Å². The number of pyridine rings is 1. The molecule has 0 aliphatic rings. The Kier molecular flexibility index (Phi) is 2.90. The van der Waals surface area contributed by atoms with Crippen molar-refractivity contribution in [3.63, 3.8) is 0 Å². The summed E-state index contributed by atoms with van der Waals surface area (Å²) in [6.45, 7) is 0. The third-order valence-electron chi connectivity index (χ3n) is 2.88. The molecule has 0 saturated heterocycles. The van der Waals surface area contributed by atoms with Crippen molar-refractivity contribution in [2.45, 2.75) is 0 Å². The van der Waals surface area contributed by atoms with E-state index in [9.17, 15) is 4.79 Å². The molecule has 0 saturated carbocycles. The molecule has 0 atom stereocenters. The molecule has 6 nitrogen and oxygen atoms in total. The highest BCUT2D eigenvalue weighted by Crippen LogP contribution is 2.36. The monoisotopic (exact) mass is 288 g/mol. The van der Waals surface area contributed by atoms with Crippen LogP contribution in [0.3, 0.4) is 0 Å². The number of carbonyl (C=O) groups is 1. The van der Waals surface area contributed by atoms with E-state index >= 15 is 0 Å². The summed E-state index contributed by atoms with van der Waals surface area (Å²) >= 11 is 1.16. The van der Waals surface area contributed by atoms with Gasteiger partial charge in [-0.05, 0) is 12.1 Å². The number of aromatic carboxylic acids is 1. The zero-order valence-electron chi connectivity index (χ0n) is 10.9. The van der Waals surface area contributed by atoms with Crippen LogP contribution in [0.4, 0.5) is 5.00 Å². The average molecular weight is 288 g/mol. The summed E-state index contributed by atoms with van der Waals surface area (Å²) in [6.07, 6.45) is 3.56. The van der Waals surface area contributed by atoms with E-state index in [-0.39, 0.29) is 5.01 Å². The van der Waals surface area contributed by atoms with Gasteiger partial charge in [0.25, 0.3) is 0 Å². The summed E-state index contributed by atoms with van der Waals surface area (Å²) in [5, 5.41) is 14.3. The summed E-state index contributed by atoms with van der Waals surface area (Å²) in [5.74, 6) is -1.01. The number of anilines is 1. The van der Waals surface area contributed by atoms with E-state index in [1.54, 1.807) is 10.7 Å². The maximum Gasteiger partial charge on any atom is 0.365 e. The van der Waals surface area contributed by atoms with Gasteiger partial charge in [-0.15, -0.1) is 0 Å². The number of nitrogens with zero attached hydrogens (tertiary/aromatic N) is 4. The minimum absolute atomic E-state index is 0.0824. The zero-order chi connectivity index (χ0) is 14.3. The largest absolute Gasteiger partial charge is 0.476 e. The van der Waals surface area contributed by atoms with Crippen LogP contribution in [0, 0.1) is 0 Å². The van der Waals surface area contributed by atoms with Crippen molar-refractivity contribution < 1.29 is 9.90 Å². The van der Waals surface area contributed by atoms with Crippen LogP contribution in [0.25, 0.3) is 16.8 Å². The number of carboxylic acids is 1. The predicted molar refractivity (Wildman–Crippen MR) is 77.6 cm³/mol. The molecule has 102 valence electrons. The molecule has 3 aromatic heterocycles. The second kappa shape index (κ2) is 4.61. The Bertz CT molecular complexity index is 791. The number of hydrogen-bond donors (Lipinski definition) is 1. The molecular weight excluding hydrogens is 276 g/mol. The first-order valence-corrected chi connectivity index (χ1v) is 6.74. The van der Waals surface area contributed by atoms with E-state index in [0.717, 1.165) is 27.4 Å². The van der Waals surface area contributed by atoms with Crippen LogP contribution < -0.4 is 4.90 Å². The molecule has 0 aliphatic carbocycles. The van der Waals surface area contributed by atoms with Crippen LogP contribution in [0.1, 0.15) is 9.80 Å². The van der Waals surface area contributed by atoms with Crippen molar-refractivity contribution in [1.29, 1.82) is 0 Å². The smallest absolute Gasteiger partial charge is 0.365 e. The Morgan fingerprint density at radius 2 is 2.20 bits per heavy atom. The topological polar surface area (TPSA) is 70.7 Å². The summed E-state index contributed by atoms with van der Waals surface area (Å²) in [6, 6.07) is 5.74. The van der Waals surface area contributed by atoms with Crippen LogP contribution in [-0.4, -0.2) is 39.8 Å². The van der Waals surface area contributed by atoms with Gasteiger partial charge < -0.3 is 10.0 Å². The highest BCUT2D eigenvalue weighted by Gasteiger charge is 2.21. The molecule has 0 amide bonds. The Morgan fingerprint density at radius 1 is 1.40 bits per heavy atom. The first kappa shape index (κ1) is 12.6. The Morgan fingerprint density at radius 3 is 2.90 bits per heavy atom. The quantitative estimate of drug-likeness (QED) is 0.800. The molecule has 3 heterocycles. The first-order valence-electron chi connectivity index (χ1n) is 5.92. The third-order valence-corrected chi connectivity index (χ3v) is 4.09. The van der Waals surface area contributed by atoms with Gasteiger partial charge in [-0.3, -0.25) is 0 Å². The summed E-state index contributed by atoms with van der Waals surface area (Å²) in [7, 11) is 3.74. The summed E-state index contributed by atoms with van der Waals surface area (Å²) in [4.78, 5) is 17.2. The van der Waals surface area contributed by atoms with E-state index < -0.39 is 5.97 Å². The van der Waals surface area contributed by atoms with Gasteiger partial charge in [0.05, 0.1) is 11.7 Å². The number of thiazole rings is 1. The lowest BCUT2D eigenvalue weighted by atomic mass is 10.2. The van der Waals surface area contributed by atoms with Crippen molar-refractivity contribution in [1.82, 2.24) is 14.6 Å². The summed E-state index contributed by atoms with van der Waals surface area (Å²) in [5.41, 5.74) is 2.38. The SMILES string of the molecule is CN(C)c1sc(C(=O)O)nc1-c1cnn2ccccc12. The molecule has 7 heteroatoms. The van der Waals surface area contributed by atoms with E-state index in [2.05, 4.69) is 10.1 Å². The normalized spacial score (nSPS) is 10.9. The molecular formula is C13H12N4O2S. The fraction of sp³-hybridized carbons (Fsp3) is 0.154. The molecule has 0 aromatic carbocycles. The van der Waals surface area contributed by atoms with Gasteiger partial charge in [0, 0.05) is 25.9 Å². The Balaban J connectivity index is 2.25. The van der Waals surface area contributed by atoms with Crippen molar-refractivity contribution in [3.05, 3.63) is 35.6 Å². The molecule has 0 fully saturated rings. The zero-order valence-corrected chi connectivity index (χ0v) is 11.8. The lowest BCUT2D eigenvalue weighted by molar-refractivity contribution is 0.0696. The highest BCUT2D eigenvalue weighted by molar-refractivity contribution is 7.18. The van der Waals surface area contributed by atoms with Gasteiger partial charge in [-0.2, -0.15) is 5.10 Å². The van der Waals surface area contributed by atoms with Crippen LogP contribution in [0.15, 0.2) is 30.6 Å². The third kappa shape index (κ3) is 1.92. The predicted octanol–water partition coefficient (Wildman–Crippen LogP) is 2.22. The van der Waals surface area contributed by atoms with Crippen molar-refractivity contribution in [2.75, 3.05) is 19.0 Å². The van der Waals surface area contributed by atoms with Crippen LogP contribution in [0.2, 0.25) is 0 Å². The van der Waals surface area contributed by atoms with Crippen LogP contribution in [-0.2, 0) is 0 Å². The number of fused-ring (bicyclic) bond motifs is 1. The van der Waals surface area contributed by atoms with Gasteiger partial charge in [0.1, 0.15) is 10.7 Å². The molecule has 0 radical (unpaired) electrons. The second-order valence-electron chi connectivity index (χ2n) is 4.46. The average Bonchev–Trinajstić information content (AvgIpc) is 3.02. The Labute approximate surface area is 118 Å². The van der Waals surface area contributed by atoms with Crippen LogP contribution >= 0.6 is 11.3 Å². The van der Waals surface area contributed by atoms with Crippen molar-refractivity contribution in [2.24, 2.45) is 0 Å². The molecule has 0 spiro atoms. The maximum absolute atomic E-state index is 11.1. The highest BCUT2D eigenvalue weighted by atomic mass is 32.1. The van der Waals surface area contributed by atoms with Gasteiger partial charge in [-0.25, -0.2) is 14.3 Å². The lowest BCUT2D eigenvalue weighted by Crippen LogP contribution is -2.07. The molecule has 0 aliphatic heterocycles. The molecule has 0 bridgehead atoms. The van der Waals surface area contributed by atoms with Gasteiger partial charge in [0.2, 0.25) is 5.01 Å². The molecule has 1 N–H and O–H groups in total. The van der Waals surface area contributed by atoms with E-state index in [1.165, 1.54) is 0 Å². The lowest BCUT2D eigenvalue weighted by Gasteiger charge is -2.10. The molecule has 20 heavy (non-hydrogen) atoms. The van der Waals surface area contributed by atoms with E-state index in [1.807, 2.05) is 43.4 Å².